The number of carbonyl (C=O) groups is 2. The van der Waals surface area contributed by atoms with Crippen LogP contribution >= 0.6 is 11.3 Å². The van der Waals surface area contributed by atoms with Gasteiger partial charge in [-0.2, -0.15) is 0 Å². The fourth-order valence-electron chi connectivity index (χ4n) is 4.71. The van der Waals surface area contributed by atoms with Crippen molar-refractivity contribution in [1.29, 1.82) is 0 Å². The van der Waals surface area contributed by atoms with Crippen molar-refractivity contribution in [3.05, 3.63) is 45.1 Å². The van der Waals surface area contributed by atoms with E-state index in [9.17, 15) is 19.7 Å². The first-order valence-corrected chi connectivity index (χ1v) is 10.5. The summed E-state index contributed by atoms with van der Waals surface area (Å²) in [5.41, 5.74) is 2.75. The zero-order valence-corrected chi connectivity index (χ0v) is 17.8. The Labute approximate surface area is 176 Å². The van der Waals surface area contributed by atoms with Crippen LogP contribution in [0.25, 0.3) is 21.5 Å². The zero-order valence-electron chi connectivity index (χ0n) is 17.0. The van der Waals surface area contributed by atoms with E-state index in [0.717, 1.165) is 26.4 Å². The lowest BCUT2D eigenvalue weighted by atomic mass is 10.1. The third-order valence-electron chi connectivity index (χ3n) is 6.65. The monoisotopic (exact) mass is 424 g/mol. The molecule has 0 N–H and O–H groups in total. The summed E-state index contributed by atoms with van der Waals surface area (Å²) in [7, 11) is 1.80. The summed E-state index contributed by atoms with van der Waals surface area (Å²) in [6.07, 6.45) is 1.67. The van der Waals surface area contributed by atoms with E-state index >= 15 is 0 Å². The number of amides is 2. The van der Waals surface area contributed by atoms with Crippen LogP contribution in [0.2, 0.25) is 0 Å². The van der Waals surface area contributed by atoms with Crippen molar-refractivity contribution in [3.8, 4) is 11.3 Å². The number of nitro groups is 1. The number of rotatable bonds is 4. The number of piperidine rings is 1. The van der Waals surface area contributed by atoms with Gasteiger partial charge in [-0.05, 0) is 24.5 Å². The van der Waals surface area contributed by atoms with Gasteiger partial charge < -0.3 is 4.57 Å². The largest absolute Gasteiger partial charge is 0.342 e. The topological polar surface area (TPSA) is 98.3 Å². The van der Waals surface area contributed by atoms with Crippen LogP contribution in [-0.4, -0.2) is 31.2 Å². The molecule has 9 heteroatoms. The molecule has 0 bridgehead atoms. The number of pyridine rings is 1. The second kappa shape index (κ2) is 5.98. The predicted molar refractivity (Wildman–Crippen MR) is 112 cm³/mol. The first-order chi connectivity index (χ1) is 14.1. The minimum Gasteiger partial charge on any atom is -0.342 e. The molecule has 2 aliphatic rings. The Bertz CT molecular complexity index is 1250. The summed E-state index contributed by atoms with van der Waals surface area (Å²) in [6, 6.07) is 5.31. The fourth-order valence-corrected chi connectivity index (χ4v) is 5.83. The summed E-state index contributed by atoms with van der Waals surface area (Å²) < 4.78 is 2.68. The zero-order chi connectivity index (χ0) is 21.5. The number of hydrogen-bond acceptors (Lipinski definition) is 6. The Morgan fingerprint density at radius 2 is 1.90 bits per heavy atom. The molecule has 2 amide bonds. The highest BCUT2D eigenvalue weighted by Crippen LogP contribution is 2.63. The third-order valence-corrected chi connectivity index (χ3v) is 7.79. The average Bonchev–Trinajstić information content (AvgIpc) is 2.97. The van der Waals surface area contributed by atoms with Gasteiger partial charge in [-0.3, -0.25) is 29.6 Å². The smallest absolute Gasteiger partial charge is 0.290 e. The van der Waals surface area contributed by atoms with Gasteiger partial charge >= 0.3 is 0 Å². The van der Waals surface area contributed by atoms with E-state index in [2.05, 4.69) is 4.98 Å². The molecular formula is C21H20N4O4S. The molecule has 1 aliphatic heterocycles. The van der Waals surface area contributed by atoms with E-state index < -0.39 is 0 Å². The number of likely N-dealkylation sites (tertiary alicyclic amines) is 1. The number of carbonyl (C=O) groups excluding carboxylic acids is 2. The standard InChI is InChI=1S/C21H20N4O4S/c1-10-14(25(28)29)8-15(23(10)4)12-5-6-22-13-7-11(30-18(12)13)9-24-19(26)16-17(20(24)27)21(16,2)3/h5-8,16-17H,9H2,1-4H3. The quantitative estimate of drug-likeness (QED) is 0.362. The lowest BCUT2D eigenvalue weighted by molar-refractivity contribution is -0.385. The Morgan fingerprint density at radius 3 is 2.50 bits per heavy atom. The van der Waals surface area contributed by atoms with Crippen molar-refractivity contribution in [3.63, 3.8) is 0 Å². The van der Waals surface area contributed by atoms with E-state index in [-0.39, 0.29) is 46.2 Å². The lowest BCUT2D eigenvalue weighted by Crippen LogP contribution is -2.35. The normalized spacial score (nSPS) is 22.1. The van der Waals surface area contributed by atoms with Crippen LogP contribution in [0.5, 0.6) is 0 Å². The maximum absolute atomic E-state index is 12.7. The van der Waals surface area contributed by atoms with Gasteiger partial charge in [0, 0.05) is 29.8 Å². The second-order valence-corrected chi connectivity index (χ2v) is 9.78. The SMILES string of the molecule is Cc1c([N+](=O)[O-])cc(-c2ccnc3cc(CN4C(=O)C5C(C4=O)C5(C)C)sc23)n1C. The highest BCUT2D eigenvalue weighted by atomic mass is 32.1. The van der Waals surface area contributed by atoms with Gasteiger partial charge in [0.2, 0.25) is 11.8 Å². The number of aromatic nitrogens is 2. The van der Waals surface area contributed by atoms with Crippen LogP contribution in [0, 0.1) is 34.3 Å². The van der Waals surface area contributed by atoms with E-state index in [1.54, 1.807) is 30.8 Å². The van der Waals surface area contributed by atoms with Crippen LogP contribution in [0.3, 0.4) is 0 Å². The minimum atomic E-state index is -0.380. The molecule has 1 saturated carbocycles. The van der Waals surface area contributed by atoms with Crippen LogP contribution < -0.4 is 0 Å². The summed E-state index contributed by atoms with van der Waals surface area (Å²) >= 11 is 1.47. The van der Waals surface area contributed by atoms with Crippen LogP contribution in [0.15, 0.2) is 24.4 Å². The number of thiophene rings is 1. The van der Waals surface area contributed by atoms with Crippen molar-refractivity contribution in [2.45, 2.75) is 27.3 Å². The summed E-state index contributed by atoms with van der Waals surface area (Å²) in [4.78, 5) is 42.9. The minimum absolute atomic E-state index is 0.0735. The van der Waals surface area contributed by atoms with E-state index in [0.29, 0.717) is 5.69 Å². The van der Waals surface area contributed by atoms with Crippen molar-refractivity contribution < 1.29 is 14.5 Å². The molecule has 5 rings (SSSR count). The van der Waals surface area contributed by atoms with Gasteiger partial charge in [-0.15, -0.1) is 11.3 Å². The lowest BCUT2D eigenvalue weighted by Gasteiger charge is -2.19. The van der Waals surface area contributed by atoms with E-state index in [4.69, 9.17) is 0 Å². The highest BCUT2D eigenvalue weighted by Gasteiger charge is 2.72. The molecule has 2 atom stereocenters. The molecule has 154 valence electrons. The van der Waals surface area contributed by atoms with Crippen molar-refractivity contribution in [1.82, 2.24) is 14.5 Å². The van der Waals surface area contributed by atoms with Crippen molar-refractivity contribution in [2.24, 2.45) is 24.3 Å². The molecule has 1 saturated heterocycles. The molecule has 3 aromatic rings. The molecule has 2 fully saturated rings. The molecule has 3 aromatic heterocycles. The molecule has 1 aliphatic carbocycles. The Kier molecular flexibility index (Phi) is 3.77. The molecule has 8 nitrogen and oxygen atoms in total. The van der Waals surface area contributed by atoms with Crippen molar-refractivity contribution >= 4 is 39.1 Å². The predicted octanol–water partition coefficient (Wildman–Crippen LogP) is 3.66. The fraction of sp³-hybridized carbons (Fsp3) is 0.381. The number of nitrogens with zero attached hydrogens (tertiary/aromatic N) is 4. The number of imide groups is 1. The first kappa shape index (κ1) is 18.9. The Balaban J connectivity index is 1.52. The second-order valence-electron chi connectivity index (χ2n) is 8.64. The van der Waals surface area contributed by atoms with Crippen molar-refractivity contribution in [2.75, 3.05) is 0 Å². The third kappa shape index (κ3) is 2.41. The van der Waals surface area contributed by atoms with Gasteiger partial charge in [0.25, 0.3) is 5.69 Å². The van der Waals surface area contributed by atoms with Gasteiger partial charge in [0.05, 0.1) is 44.9 Å². The summed E-state index contributed by atoms with van der Waals surface area (Å²) in [5, 5.41) is 11.3. The molecule has 2 unspecified atom stereocenters. The first-order valence-electron chi connectivity index (χ1n) is 9.66. The molecule has 4 heterocycles. The van der Waals surface area contributed by atoms with Crippen LogP contribution in [0.1, 0.15) is 24.4 Å². The maximum atomic E-state index is 12.7. The maximum Gasteiger partial charge on any atom is 0.290 e. The van der Waals surface area contributed by atoms with Crippen LogP contribution in [-0.2, 0) is 23.2 Å². The van der Waals surface area contributed by atoms with Gasteiger partial charge in [0.1, 0.15) is 0 Å². The van der Waals surface area contributed by atoms with Gasteiger partial charge in [-0.25, -0.2) is 0 Å². The number of fused-ring (bicyclic) bond motifs is 2. The Hall–Kier alpha value is -3.07. The Morgan fingerprint density at radius 1 is 1.23 bits per heavy atom. The van der Waals surface area contributed by atoms with Gasteiger partial charge in [0.15, 0.2) is 0 Å². The molecule has 30 heavy (non-hydrogen) atoms. The average molecular weight is 424 g/mol. The summed E-state index contributed by atoms with van der Waals surface area (Å²) in [6.45, 7) is 5.89. The molecule has 0 radical (unpaired) electrons. The van der Waals surface area contributed by atoms with Gasteiger partial charge in [-0.1, -0.05) is 13.8 Å². The summed E-state index contributed by atoms with van der Waals surface area (Å²) in [5.74, 6) is -0.566. The van der Waals surface area contributed by atoms with Crippen LogP contribution in [0.4, 0.5) is 5.69 Å². The molecule has 0 aromatic carbocycles. The highest BCUT2D eigenvalue weighted by molar-refractivity contribution is 7.19. The molecular weight excluding hydrogens is 404 g/mol. The van der Waals surface area contributed by atoms with E-state index in [1.807, 2.05) is 26.0 Å². The number of hydrogen-bond donors (Lipinski definition) is 0. The van der Waals surface area contributed by atoms with E-state index in [1.165, 1.54) is 16.2 Å². The molecule has 0 spiro atoms.